The topological polar surface area (TPSA) is 46.3 Å². The van der Waals surface area contributed by atoms with Crippen LogP contribution in [-0.2, 0) is 11.3 Å². The van der Waals surface area contributed by atoms with E-state index in [1.54, 1.807) is 12.1 Å². The Kier molecular flexibility index (Phi) is 3.31. The Morgan fingerprint density at radius 2 is 2.00 bits per heavy atom. The molecule has 102 valence electrons. The number of anilines is 1. The highest BCUT2D eigenvalue weighted by Gasteiger charge is 2.34. The number of rotatable bonds is 2. The number of amides is 1. The zero-order chi connectivity index (χ0) is 14.3. The molecule has 1 atom stereocenters. The number of hydrogen-bond acceptors (Lipinski definition) is 2. The van der Waals surface area contributed by atoms with Gasteiger partial charge in [0.05, 0.1) is 6.54 Å². The summed E-state index contributed by atoms with van der Waals surface area (Å²) in [5.41, 5.74) is 7.90. The largest absolute Gasteiger partial charge is 0.316 e. The van der Waals surface area contributed by atoms with Crippen LogP contribution in [0.3, 0.4) is 0 Å². The van der Waals surface area contributed by atoms with Gasteiger partial charge in [0.1, 0.15) is 11.9 Å². The summed E-state index contributed by atoms with van der Waals surface area (Å²) in [6.07, 6.45) is 0. The van der Waals surface area contributed by atoms with E-state index in [4.69, 9.17) is 5.73 Å². The minimum atomic E-state index is -0.665. The van der Waals surface area contributed by atoms with Crippen molar-refractivity contribution >= 4 is 27.5 Å². The second-order valence-corrected chi connectivity index (χ2v) is 5.61. The average molecular weight is 335 g/mol. The van der Waals surface area contributed by atoms with Crippen LogP contribution >= 0.6 is 15.9 Å². The lowest BCUT2D eigenvalue weighted by atomic mass is 10.1. The SMILES string of the molecule is NC1C(=O)N(Cc2cc(Br)ccc2F)c2ccccc21. The number of para-hydroxylation sites is 1. The lowest BCUT2D eigenvalue weighted by Gasteiger charge is -2.18. The Hall–Kier alpha value is -1.72. The number of benzene rings is 2. The van der Waals surface area contributed by atoms with E-state index in [0.29, 0.717) is 5.56 Å². The summed E-state index contributed by atoms with van der Waals surface area (Å²) < 4.78 is 14.6. The van der Waals surface area contributed by atoms with Gasteiger partial charge in [0, 0.05) is 21.3 Å². The van der Waals surface area contributed by atoms with E-state index in [0.717, 1.165) is 15.7 Å². The van der Waals surface area contributed by atoms with E-state index >= 15 is 0 Å². The van der Waals surface area contributed by atoms with Crippen molar-refractivity contribution in [2.24, 2.45) is 5.73 Å². The number of halogens is 2. The van der Waals surface area contributed by atoms with Crippen LogP contribution in [0.15, 0.2) is 46.9 Å². The van der Waals surface area contributed by atoms with E-state index in [2.05, 4.69) is 15.9 Å². The van der Waals surface area contributed by atoms with Gasteiger partial charge in [-0.15, -0.1) is 0 Å². The standard InChI is InChI=1S/C15H12BrFN2O/c16-10-5-6-12(17)9(7-10)8-19-13-4-2-1-3-11(13)14(18)15(19)20/h1-7,14H,8,18H2. The van der Waals surface area contributed by atoms with Crippen molar-refractivity contribution in [1.82, 2.24) is 0 Å². The molecule has 1 aliphatic rings. The molecule has 1 aliphatic heterocycles. The molecule has 0 saturated heterocycles. The first-order valence-electron chi connectivity index (χ1n) is 6.18. The van der Waals surface area contributed by atoms with Crippen molar-refractivity contribution in [1.29, 1.82) is 0 Å². The molecule has 20 heavy (non-hydrogen) atoms. The third-order valence-electron chi connectivity index (χ3n) is 3.43. The summed E-state index contributed by atoms with van der Waals surface area (Å²) in [5.74, 6) is -0.537. The van der Waals surface area contributed by atoms with Crippen LogP contribution < -0.4 is 10.6 Å². The van der Waals surface area contributed by atoms with Gasteiger partial charge in [-0.2, -0.15) is 0 Å². The molecule has 1 heterocycles. The zero-order valence-corrected chi connectivity index (χ0v) is 12.1. The van der Waals surface area contributed by atoms with Crippen LogP contribution in [0.25, 0.3) is 0 Å². The molecule has 2 aromatic carbocycles. The summed E-state index contributed by atoms with van der Waals surface area (Å²) in [6, 6.07) is 11.4. The summed E-state index contributed by atoms with van der Waals surface area (Å²) >= 11 is 3.31. The van der Waals surface area contributed by atoms with Crippen molar-refractivity contribution in [3.63, 3.8) is 0 Å². The predicted octanol–water partition coefficient (Wildman–Crippen LogP) is 3.13. The molecule has 2 N–H and O–H groups in total. The van der Waals surface area contributed by atoms with Crippen LogP contribution in [0.5, 0.6) is 0 Å². The van der Waals surface area contributed by atoms with Crippen molar-refractivity contribution in [3.05, 3.63) is 63.9 Å². The number of fused-ring (bicyclic) bond motifs is 1. The molecule has 0 radical (unpaired) electrons. The normalized spacial score (nSPS) is 17.4. The molecule has 0 aliphatic carbocycles. The smallest absolute Gasteiger partial charge is 0.248 e. The quantitative estimate of drug-likeness (QED) is 0.917. The Morgan fingerprint density at radius 3 is 2.80 bits per heavy atom. The summed E-state index contributed by atoms with van der Waals surface area (Å²) in [7, 11) is 0. The van der Waals surface area contributed by atoms with Crippen LogP contribution in [0.1, 0.15) is 17.2 Å². The van der Waals surface area contributed by atoms with E-state index in [1.165, 1.54) is 11.0 Å². The maximum absolute atomic E-state index is 13.8. The second kappa shape index (κ2) is 5.00. The maximum Gasteiger partial charge on any atom is 0.248 e. The van der Waals surface area contributed by atoms with Gasteiger partial charge < -0.3 is 10.6 Å². The second-order valence-electron chi connectivity index (χ2n) is 4.70. The van der Waals surface area contributed by atoms with Crippen LogP contribution in [0.4, 0.5) is 10.1 Å². The molecule has 0 saturated carbocycles. The molecule has 0 aromatic heterocycles. The van der Waals surface area contributed by atoms with Crippen LogP contribution in [0.2, 0.25) is 0 Å². The minimum Gasteiger partial charge on any atom is -0.316 e. The number of nitrogens with zero attached hydrogens (tertiary/aromatic N) is 1. The predicted molar refractivity (Wildman–Crippen MR) is 78.7 cm³/mol. The fraction of sp³-hybridized carbons (Fsp3) is 0.133. The number of hydrogen-bond donors (Lipinski definition) is 1. The first kappa shape index (κ1) is 13.3. The molecule has 1 unspecified atom stereocenters. The third kappa shape index (κ3) is 2.13. The Bertz CT molecular complexity index is 689. The molecule has 5 heteroatoms. The van der Waals surface area contributed by atoms with Crippen molar-refractivity contribution < 1.29 is 9.18 Å². The highest BCUT2D eigenvalue weighted by Crippen LogP contribution is 2.35. The molecule has 2 aromatic rings. The monoisotopic (exact) mass is 334 g/mol. The Labute approximate surface area is 124 Å². The van der Waals surface area contributed by atoms with Gasteiger partial charge in [-0.3, -0.25) is 4.79 Å². The van der Waals surface area contributed by atoms with Gasteiger partial charge in [-0.05, 0) is 24.3 Å². The number of nitrogens with two attached hydrogens (primary N) is 1. The molecule has 3 rings (SSSR count). The summed E-state index contributed by atoms with van der Waals surface area (Å²) in [4.78, 5) is 13.8. The molecule has 3 nitrogen and oxygen atoms in total. The first-order valence-corrected chi connectivity index (χ1v) is 6.97. The first-order chi connectivity index (χ1) is 9.58. The van der Waals surface area contributed by atoms with Crippen LogP contribution in [-0.4, -0.2) is 5.91 Å². The van der Waals surface area contributed by atoms with Gasteiger partial charge in [-0.25, -0.2) is 4.39 Å². The Balaban J connectivity index is 1.99. The zero-order valence-electron chi connectivity index (χ0n) is 10.5. The number of carbonyl (C=O) groups is 1. The van der Waals surface area contributed by atoms with Gasteiger partial charge >= 0.3 is 0 Å². The number of carbonyl (C=O) groups excluding carboxylic acids is 1. The average Bonchev–Trinajstić information content (AvgIpc) is 2.68. The summed E-state index contributed by atoms with van der Waals surface area (Å²) in [6.45, 7) is 0.175. The fourth-order valence-electron chi connectivity index (χ4n) is 2.41. The molecule has 0 spiro atoms. The molecular formula is C15H12BrFN2O. The van der Waals surface area contributed by atoms with Gasteiger partial charge in [0.2, 0.25) is 5.91 Å². The van der Waals surface area contributed by atoms with Gasteiger partial charge in [0.15, 0.2) is 0 Å². The fourth-order valence-corrected chi connectivity index (χ4v) is 2.82. The van der Waals surface area contributed by atoms with Gasteiger partial charge in [0.25, 0.3) is 0 Å². The lowest BCUT2D eigenvalue weighted by molar-refractivity contribution is -0.119. The highest BCUT2D eigenvalue weighted by atomic mass is 79.9. The van der Waals surface area contributed by atoms with E-state index in [-0.39, 0.29) is 18.3 Å². The molecular weight excluding hydrogens is 323 g/mol. The van der Waals surface area contributed by atoms with E-state index in [9.17, 15) is 9.18 Å². The minimum absolute atomic E-state index is 0.175. The van der Waals surface area contributed by atoms with Crippen molar-refractivity contribution in [3.8, 4) is 0 Å². The van der Waals surface area contributed by atoms with Crippen LogP contribution in [0, 0.1) is 5.82 Å². The third-order valence-corrected chi connectivity index (χ3v) is 3.92. The maximum atomic E-state index is 13.8. The molecule has 0 bridgehead atoms. The van der Waals surface area contributed by atoms with Crippen molar-refractivity contribution in [2.75, 3.05) is 4.90 Å². The van der Waals surface area contributed by atoms with E-state index < -0.39 is 6.04 Å². The Morgan fingerprint density at radius 1 is 1.25 bits per heavy atom. The lowest BCUT2D eigenvalue weighted by Crippen LogP contribution is -2.31. The summed E-state index contributed by atoms with van der Waals surface area (Å²) in [5, 5.41) is 0. The molecule has 1 amide bonds. The highest BCUT2D eigenvalue weighted by molar-refractivity contribution is 9.10. The molecule has 0 fully saturated rings. The van der Waals surface area contributed by atoms with E-state index in [1.807, 2.05) is 24.3 Å². The van der Waals surface area contributed by atoms with Gasteiger partial charge in [-0.1, -0.05) is 34.1 Å². The van der Waals surface area contributed by atoms with Crippen molar-refractivity contribution in [2.45, 2.75) is 12.6 Å².